The number of benzene rings is 2. The molecule has 25 heavy (non-hydrogen) atoms. The molecule has 6 heteroatoms. The van der Waals surface area contributed by atoms with E-state index in [2.05, 4.69) is 10.4 Å². The first-order chi connectivity index (χ1) is 12.2. The van der Waals surface area contributed by atoms with Gasteiger partial charge in [0.25, 0.3) is 5.56 Å². The third-order valence-electron chi connectivity index (χ3n) is 4.48. The van der Waals surface area contributed by atoms with Gasteiger partial charge in [-0.3, -0.25) is 9.89 Å². The normalized spacial score (nSPS) is 16.9. The van der Waals surface area contributed by atoms with Gasteiger partial charge in [-0.05, 0) is 43.4 Å². The summed E-state index contributed by atoms with van der Waals surface area (Å²) in [4.78, 5) is 15.1. The van der Waals surface area contributed by atoms with Crippen molar-refractivity contribution in [3.05, 3.63) is 82.3 Å². The molecule has 1 aliphatic rings. The summed E-state index contributed by atoms with van der Waals surface area (Å²) >= 11 is 5.48. The number of hydrogen-bond donors (Lipinski definition) is 2. The van der Waals surface area contributed by atoms with E-state index in [1.54, 1.807) is 4.68 Å². The summed E-state index contributed by atoms with van der Waals surface area (Å²) in [6, 6.07) is 19.4. The van der Waals surface area contributed by atoms with Crippen LogP contribution >= 0.6 is 12.2 Å². The summed E-state index contributed by atoms with van der Waals surface area (Å²) in [6.45, 7) is 2.54. The van der Waals surface area contributed by atoms with Crippen LogP contribution in [0.25, 0.3) is 5.69 Å². The molecule has 1 aliphatic heterocycles. The lowest BCUT2D eigenvalue weighted by Gasteiger charge is -2.24. The van der Waals surface area contributed by atoms with E-state index in [4.69, 9.17) is 12.2 Å². The highest BCUT2D eigenvalue weighted by atomic mass is 32.1. The van der Waals surface area contributed by atoms with Crippen molar-refractivity contribution in [1.29, 1.82) is 0 Å². The second-order valence-electron chi connectivity index (χ2n) is 6.03. The van der Waals surface area contributed by atoms with Gasteiger partial charge in [0, 0.05) is 17.9 Å². The molecule has 2 aromatic carbocycles. The van der Waals surface area contributed by atoms with Crippen molar-refractivity contribution in [2.24, 2.45) is 0 Å². The molecule has 1 aromatic heterocycles. The number of thiocarbonyl (C=S) groups is 1. The Hall–Kier alpha value is -2.86. The number of H-pyrrole nitrogens is 1. The van der Waals surface area contributed by atoms with Crippen molar-refractivity contribution in [3.8, 4) is 5.69 Å². The molecule has 1 unspecified atom stereocenters. The molecule has 0 spiro atoms. The minimum atomic E-state index is -0.136. The number of anilines is 1. The lowest BCUT2D eigenvalue weighted by molar-refractivity contribution is 0.744. The average Bonchev–Trinajstić information content (AvgIpc) is 3.15. The van der Waals surface area contributed by atoms with Gasteiger partial charge in [0.2, 0.25) is 0 Å². The van der Waals surface area contributed by atoms with Crippen molar-refractivity contribution in [3.63, 3.8) is 0 Å². The number of nitrogens with zero attached hydrogens (tertiary/aromatic N) is 2. The summed E-state index contributed by atoms with van der Waals surface area (Å²) in [5.74, 6) is 0. The molecule has 0 bridgehead atoms. The maximum Gasteiger partial charge on any atom is 0.276 e. The summed E-state index contributed by atoms with van der Waals surface area (Å²) in [5, 5.41) is 7.06. The van der Waals surface area contributed by atoms with Crippen LogP contribution in [-0.2, 0) is 0 Å². The van der Waals surface area contributed by atoms with Crippen LogP contribution in [0.1, 0.15) is 17.3 Å². The first-order valence-corrected chi connectivity index (χ1v) is 8.56. The predicted molar refractivity (Wildman–Crippen MR) is 103 cm³/mol. The number of rotatable bonds is 3. The molecule has 0 aliphatic carbocycles. The third kappa shape index (κ3) is 2.64. The van der Waals surface area contributed by atoms with Crippen molar-refractivity contribution in [1.82, 2.24) is 15.1 Å². The second-order valence-corrected chi connectivity index (χ2v) is 6.42. The summed E-state index contributed by atoms with van der Waals surface area (Å²) in [7, 11) is 0. The lowest BCUT2D eigenvalue weighted by atomic mass is 10.1. The second kappa shape index (κ2) is 6.22. The summed E-state index contributed by atoms with van der Waals surface area (Å²) < 4.78 is 1.59. The van der Waals surface area contributed by atoms with Gasteiger partial charge in [-0.1, -0.05) is 36.4 Å². The van der Waals surface area contributed by atoms with Gasteiger partial charge in [0.1, 0.15) is 0 Å². The van der Waals surface area contributed by atoms with Crippen LogP contribution < -0.4 is 15.8 Å². The van der Waals surface area contributed by atoms with E-state index >= 15 is 0 Å². The minimum Gasteiger partial charge on any atom is -0.360 e. The largest absolute Gasteiger partial charge is 0.360 e. The SMILES string of the molecule is Cc1[nH]n(-c2ccccc2)c(=O)c1C1CNC(=S)N1c1ccccc1. The fraction of sp³-hybridized carbons (Fsp3) is 0.158. The Labute approximate surface area is 150 Å². The highest BCUT2D eigenvalue weighted by Crippen LogP contribution is 2.30. The molecule has 1 fully saturated rings. The van der Waals surface area contributed by atoms with Crippen LogP contribution in [0.4, 0.5) is 5.69 Å². The highest BCUT2D eigenvalue weighted by Gasteiger charge is 2.34. The smallest absolute Gasteiger partial charge is 0.276 e. The molecule has 3 aromatic rings. The molecule has 1 saturated heterocycles. The van der Waals surface area contributed by atoms with Crippen LogP contribution in [0.5, 0.6) is 0 Å². The van der Waals surface area contributed by atoms with Gasteiger partial charge in [-0.2, -0.15) is 0 Å². The van der Waals surface area contributed by atoms with E-state index in [1.807, 2.05) is 72.5 Å². The van der Waals surface area contributed by atoms with E-state index in [0.29, 0.717) is 11.7 Å². The molecule has 0 amide bonds. The van der Waals surface area contributed by atoms with Crippen molar-refractivity contribution < 1.29 is 0 Å². The maximum atomic E-state index is 13.1. The van der Waals surface area contributed by atoms with E-state index < -0.39 is 0 Å². The lowest BCUT2D eigenvalue weighted by Crippen LogP contribution is -2.32. The molecule has 126 valence electrons. The Morgan fingerprint density at radius 3 is 2.24 bits per heavy atom. The Kier molecular flexibility index (Phi) is 3.89. The third-order valence-corrected chi connectivity index (χ3v) is 4.82. The molecule has 4 rings (SSSR count). The van der Waals surface area contributed by atoms with E-state index in [9.17, 15) is 4.79 Å². The standard InChI is InChI=1S/C19H18N4OS/c1-13-17(18(24)23(21-13)15-10-6-3-7-11-15)16-12-20-19(25)22(16)14-8-4-2-5-9-14/h2-11,16,21H,12H2,1H3,(H,20,25). The molecular weight excluding hydrogens is 332 g/mol. The number of hydrogen-bond acceptors (Lipinski definition) is 2. The number of aromatic amines is 1. The topological polar surface area (TPSA) is 53.1 Å². The Morgan fingerprint density at radius 1 is 1.00 bits per heavy atom. The molecule has 5 nitrogen and oxygen atoms in total. The zero-order valence-electron chi connectivity index (χ0n) is 13.8. The molecule has 2 heterocycles. The minimum absolute atomic E-state index is 0.0406. The fourth-order valence-electron chi connectivity index (χ4n) is 3.33. The van der Waals surface area contributed by atoms with Crippen LogP contribution in [-0.4, -0.2) is 21.4 Å². The molecule has 0 radical (unpaired) electrons. The quantitative estimate of drug-likeness (QED) is 0.713. The predicted octanol–water partition coefficient (Wildman–Crippen LogP) is 2.91. The van der Waals surface area contributed by atoms with Crippen LogP contribution in [0, 0.1) is 6.92 Å². The zero-order valence-corrected chi connectivity index (χ0v) is 14.6. The summed E-state index contributed by atoms with van der Waals surface area (Å²) in [5.41, 5.74) is 3.35. The van der Waals surface area contributed by atoms with Gasteiger partial charge >= 0.3 is 0 Å². The van der Waals surface area contributed by atoms with Crippen LogP contribution in [0.3, 0.4) is 0 Å². The van der Waals surface area contributed by atoms with Crippen LogP contribution in [0.15, 0.2) is 65.5 Å². The van der Waals surface area contributed by atoms with E-state index in [-0.39, 0.29) is 11.6 Å². The van der Waals surface area contributed by atoms with E-state index in [1.165, 1.54) is 0 Å². The Bertz CT molecular complexity index is 962. The van der Waals surface area contributed by atoms with Gasteiger partial charge in [0.15, 0.2) is 5.11 Å². The molecule has 2 N–H and O–H groups in total. The monoisotopic (exact) mass is 350 g/mol. The maximum absolute atomic E-state index is 13.1. The Balaban J connectivity index is 1.81. The van der Waals surface area contributed by atoms with E-state index in [0.717, 1.165) is 22.6 Å². The fourth-order valence-corrected chi connectivity index (χ4v) is 3.65. The van der Waals surface area contributed by atoms with Gasteiger partial charge in [0.05, 0.1) is 17.3 Å². The van der Waals surface area contributed by atoms with Crippen LogP contribution in [0.2, 0.25) is 0 Å². The van der Waals surface area contributed by atoms with Crippen molar-refractivity contribution >= 4 is 23.0 Å². The number of aromatic nitrogens is 2. The van der Waals surface area contributed by atoms with Crippen molar-refractivity contribution in [2.75, 3.05) is 11.4 Å². The van der Waals surface area contributed by atoms with Crippen molar-refractivity contribution in [2.45, 2.75) is 13.0 Å². The number of para-hydroxylation sites is 2. The first kappa shape index (κ1) is 15.7. The zero-order chi connectivity index (χ0) is 17.4. The number of nitrogens with one attached hydrogen (secondary N) is 2. The highest BCUT2D eigenvalue weighted by molar-refractivity contribution is 7.80. The average molecular weight is 350 g/mol. The van der Waals surface area contributed by atoms with Gasteiger partial charge < -0.3 is 10.2 Å². The summed E-state index contributed by atoms with van der Waals surface area (Å²) in [6.07, 6.45) is 0. The van der Waals surface area contributed by atoms with Gasteiger partial charge in [-0.25, -0.2) is 4.68 Å². The Morgan fingerprint density at radius 2 is 1.60 bits per heavy atom. The number of aryl methyl sites for hydroxylation is 1. The van der Waals surface area contributed by atoms with Gasteiger partial charge in [-0.15, -0.1) is 0 Å². The first-order valence-electron chi connectivity index (χ1n) is 8.16. The molecular formula is C19H18N4OS. The molecule has 1 atom stereocenters. The molecule has 0 saturated carbocycles.